The van der Waals surface area contributed by atoms with Crippen molar-refractivity contribution in [2.45, 2.75) is 19.0 Å². The van der Waals surface area contributed by atoms with Crippen LogP contribution in [0.3, 0.4) is 0 Å². The summed E-state index contributed by atoms with van der Waals surface area (Å²) in [4.78, 5) is 10.8. The highest BCUT2D eigenvalue weighted by Gasteiger charge is 2.28. The van der Waals surface area contributed by atoms with E-state index in [1.807, 2.05) is 30.3 Å². The summed E-state index contributed by atoms with van der Waals surface area (Å²) in [5.74, 6) is -0.262. The molecule has 2 aromatic carbocycles. The van der Waals surface area contributed by atoms with Crippen LogP contribution < -0.4 is 5.32 Å². The standard InChI is InChI=1S/C19H18FN4O2P/c1-12-16(20)7-14(8-17(12)24(25)26)18-22-23-19(15-9-21-10-15)27(18)11-13-5-3-2-4-6-13/h2-8,15,21H,9-11H2,1H3. The van der Waals surface area contributed by atoms with Gasteiger partial charge in [0.1, 0.15) is 11.2 Å². The zero-order chi connectivity index (χ0) is 19.0. The van der Waals surface area contributed by atoms with E-state index in [2.05, 4.69) is 15.5 Å². The topological polar surface area (TPSA) is 81.0 Å². The van der Waals surface area contributed by atoms with Gasteiger partial charge in [-0.05, 0) is 18.6 Å². The smallest absolute Gasteiger partial charge is 0.275 e. The molecule has 1 aromatic heterocycles. The summed E-state index contributed by atoms with van der Waals surface area (Å²) in [6, 6.07) is 12.8. The first kappa shape index (κ1) is 17.8. The summed E-state index contributed by atoms with van der Waals surface area (Å²) >= 11 is 0. The summed E-state index contributed by atoms with van der Waals surface area (Å²) in [6.45, 7) is 3.14. The van der Waals surface area contributed by atoms with Gasteiger partial charge in [-0.25, -0.2) is 4.39 Å². The maximum absolute atomic E-state index is 14.3. The second kappa shape index (κ2) is 7.18. The van der Waals surface area contributed by atoms with Crippen molar-refractivity contribution in [3.63, 3.8) is 0 Å². The van der Waals surface area contributed by atoms with Gasteiger partial charge in [0.15, 0.2) is 0 Å². The molecule has 8 heteroatoms. The van der Waals surface area contributed by atoms with E-state index in [1.165, 1.54) is 19.1 Å². The largest absolute Gasteiger partial charge is 0.315 e. The van der Waals surface area contributed by atoms with Crippen LogP contribution in [-0.4, -0.2) is 28.2 Å². The Balaban J connectivity index is 1.83. The zero-order valence-electron chi connectivity index (χ0n) is 14.7. The van der Waals surface area contributed by atoms with Crippen molar-refractivity contribution in [2.24, 2.45) is 0 Å². The zero-order valence-corrected chi connectivity index (χ0v) is 15.6. The monoisotopic (exact) mass is 384 g/mol. The molecule has 1 saturated heterocycles. The molecule has 1 aliphatic heterocycles. The van der Waals surface area contributed by atoms with Crippen LogP contribution >= 0.6 is 7.53 Å². The maximum Gasteiger partial charge on any atom is 0.275 e. The second-order valence-corrected chi connectivity index (χ2v) is 8.72. The molecule has 0 spiro atoms. The van der Waals surface area contributed by atoms with Gasteiger partial charge in [-0.1, -0.05) is 37.9 Å². The summed E-state index contributed by atoms with van der Waals surface area (Å²) in [6.07, 6.45) is 0.744. The van der Waals surface area contributed by atoms with Gasteiger partial charge in [0.25, 0.3) is 5.69 Å². The highest BCUT2D eigenvalue weighted by atomic mass is 31.1. The Morgan fingerprint density at radius 3 is 2.63 bits per heavy atom. The number of nitrogens with one attached hydrogen (secondary N) is 1. The average molecular weight is 384 g/mol. The van der Waals surface area contributed by atoms with Gasteiger partial charge in [-0.2, -0.15) is 0 Å². The van der Waals surface area contributed by atoms with Crippen molar-refractivity contribution in [3.05, 3.63) is 74.9 Å². The van der Waals surface area contributed by atoms with E-state index >= 15 is 0 Å². The lowest BCUT2D eigenvalue weighted by molar-refractivity contribution is -0.385. The second-order valence-electron chi connectivity index (χ2n) is 6.67. The average Bonchev–Trinajstić information content (AvgIpc) is 2.99. The van der Waals surface area contributed by atoms with Crippen molar-refractivity contribution in [1.82, 2.24) is 15.5 Å². The first-order valence-corrected chi connectivity index (χ1v) is 10.2. The van der Waals surface area contributed by atoms with Crippen LogP contribution in [0.2, 0.25) is 0 Å². The van der Waals surface area contributed by atoms with Crippen LogP contribution in [0.1, 0.15) is 22.5 Å². The molecule has 1 fully saturated rings. The number of hydrogen-bond acceptors (Lipinski definition) is 5. The lowest BCUT2D eigenvalue weighted by atomic mass is 10.1. The quantitative estimate of drug-likeness (QED) is 0.526. The van der Waals surface area contributed by atoms with Gasteiger partial charge in [0.05, 0.1) is 15.9 Å². The first-order chi connectivity index (χ1) is 13.0. The van der Waals surface area contributed by atoms with Gasteiger partial charge in [-0.3, -0.25) is 10.1 Å². The predicted octanol–water partition coefficient (Wildman–Crippen LogP) is 4.22. The third kappa shape index (κ3) is 3.36. The third-order valence-electron chi connectivity index (χ3n) is 4.88. The molecule has 0 bridgehead atoms. The number of aromatic nitrogens is 2. The van der Waals surface area contributed by atoms with E-state index < -0.39 is 18.3 Å². The number of nitro benzene ring substituents is 1. The van der Waals surface area contributed by atoms with E-state index in [9.17, 15) is 14.5 Å². The van der Waals surface area contributed by atoms with Gasteiger partial charge in [-0.15, -0.1) is 10.2 Å². The molecule has 0 radical (unpaired) electrons. The van der Waals surface area contributed by atoms with Crippen LogP contribution in [0.4, 0.5) is 10.1 Å². The fraction of sp³-hybridized carbons (Fsp3) is 0.263. The number of nitro groups is 1. The van der Waals surface area contributed by atoms with Crippen molar-refractivity contribution in [2.75, 3.05) is 13.1 Å². The molecule has 6 nitrogen and oxygen atoms in total. The Morgan fingerprint density at radius 2 is 2.00 bits per heavy atom. The summed E-state index contributed by atoms with van der Waals surface area (Å²) in [7, 11) is -0.901. The van der Waals surface area contributed by atoms with Crippen LogP contribution in [0.5, 0.6) is 0 Å². The Kier molecular flexibility index (Phi) is 4.72. The molecule has 2 heterocycles. The first-order valence-electron chi connectivity index (χ1n) is 8.67. The molecule has 138 valence electrons. The van der Waals surface area contributed by atoms with Crippen LogP contribution in [0.25, 0.3) is 11.0 Å². The third-order valence-corrected chi connectivity index (χ3v) is 7.43. The summed E-state index contributed by atoms with van der Waals surface area (Å²) < 4.78 is 14.3. The highest BCUT2D eigenvalue weighted by molar-refractivity contribution is 7.52. The lowest BCUT2D eigenvalue weighted by Crippen LogP contribution is -2.39. The van der Waals surface area contributed by atoms with Crippen molar-refractivity contribution < 1.29 is 9.31 Å². The predicted molar refractivity (Wildman–Crippen MR) is 103 cm³/mol. The molecule has 4 rings (SSSR count). The minimum atomic E-state index is -0.901. The van der Waals surface area contributed by atoms with Gasteiger partial charge in [0, 0.05) is 36.8 Å². The van der Waals surface area contributed by atoms with Gasteiger partial charge >= 0.3 is 0 Å². The number of benzene rings is 2. The molecule has 0 amide bonds. The number of nitrogens with zero attached hydrogens (tertiary/aromatic N) is 3. The molecule has 1 N–H and O–H groups in total. The van der Waals surface area contributed by atoms with Crippen molar-refractivity contribution >= 4 is 13.2 Å². The molecule has 1 atom stereocenters. The van der Waals surface area contributed by atoms with Gasteiger partial charge < -0.3 is 5.32 Å². The fourth-order valence-corrected chi connectivity index (χ4v) is 5.68. The minimum absolute atomic E-state index is 0.0408. The maximum atomic E-state index is 14.3. The normalized spacial score (nSPS) is 14.8. The summed E-state index contributed by atoms with van der Waals surface area (Å²) in [5.41, 5.74) is 3.13. The molecular formula is C19H18FN4O2P. The lowest BCUT2D eigenvalue weighted by Gasteiger charge is -2.26. The Morgan fingerprint density at radius 1 is 1.26 bits per heavy atom. The van der Waals surface area contributed by atoms with E-state index in [0.717, 1.165) is 30.2 Å². The fourth-order valence-electron chi connectivity index (χ4n) is 3.21. The Hall–Kier alpha value is -2.63. The molecule has 0 aliphatic carbocycles. The van der Waals surface area contributed by atoms with E-state index in [1.54, 1.807) is 0 Å². The van der Waals surface area contributed by atoms with Crippen molar-refractivity contribution in [1.29, 1.82) is 0 Å². The number of rotatable bonds is 5. The van der Waals surface area contributed by atoms with Crippen LogP contribution in [0.15, 0.2) is 42.5 Å². The Labute approximate surface area is 156 Å². The van der Waals surface area contributed by atoms with E-state index in [4.69, 9.17) is 0 Å². The van der Waals surface area contributed by atoms with Crippen LogP contribution in [0, 0.1) is 22.9 Å². The van der Waals surface area contributed by atoms with Gasteiger partial charge in [0.2, 0.25) is 0 Å². The SMILES string of the molecule is Cc1c(F)cc(-c2nnc(C3CNC3)p2Cc2ccccc2)cc1[N+](=O)[O-]. The molecule has 0 saturated carbocycles. The number of halogens is 1. The van der Waals surface area contributed by atoms with E-state index in [-0.39, 0.29) is 11.3 Å². The molecule has 1 aliphatic rings. The van der Waals surface area contributed by atoms with Crippen LogP contribution in [-0.2, 0) is 6.16 Å². The van der Waals surface area contributed by atoms with E-state index in [0.29, 0.717) is 16.9 Å². The molecule has 27 heavy (non-hydrogen) atoms. The van der Waals surface area contributed by atoms with Crippen molar-refractivity contribution in [3.8, 4) is 11.0 Å². The molecule has 3 aromatic rings. The molecule has 1 unspecified atom stereocenters. The Bertz CT molecular complexity index is 1000. The summed E-state index contributed by atoms with van der Waals surface area (Å²) in [5, 5.41) is 23.3. The number of hydrogen-bond donors (Lipinski definition) is 1. The minimum Gasteiger partial charge on any atom is -0.315 e. The molecular weight excluding hydrogens is 366 g/mol. The highest BCUT2D eigenvalue weighted by Crippen LogP contribution is 2.49.